The summed E-state index contributed by atoms with van der Waals surface area (Å²) in [6.07, 6.45) is 3.50. The van der Waals surface area contributed by atoms with Crippen LogP contribution in [-0.2, 0) is 6.42 Å². The maximum atomic E-state index is 11.0. The molecule has 5 heteroatoms. The molecule has 0 bridgehead atoms. The standard InChI is InChI=1S/C14H17N3O2/c1-3-11(15-2)9-10-7-8-16-14-12(10)5-4-6-13(14)17(18)19/h4-8,11,15H,3,9H2,1-2H3. The number of hydrogen-bond donors (Lipinski definition) is 1. The van der Waals surface area contributed by atoms with Gasteiger partial charge in [-0.2, -0.15) is 0 Å². The number of aromatic nitrogens is 1. The number of rotatable bonds is 5. The van der Waals surface area contributed by atoms with Gasteiger partial charge >= 0.3 is 0 Å². The normalized spacial score (nSPS) is 12.5. The van der Waals surface area contributed by atoms with Gasteiger partial charge in [0.05, 0.1) is 4.92 Å². The van der Waals surface area contributed by atoms with Gasteiger partial charge in [0.2, 0.25) is 0 Å². The first kappa shape index (κ1) is 13.4. The number of para-hydroxylation sites is 1. The molecule has 1 aromatic heterocycles. The predicted octanol–water partition coefficient (Wildman–Crippen LogP) is 2.68. The van der Waals surface area contributed by atoms with E-state index in [0.717, 1.165) is 23.8 Å². The first-order chi connectivity index (χ1) is 9.17. The lowest BCUT2D eigenvalue weighted by Gasteiger charge is -2.14. The number of benzene rings is 1. The topological polar surface area (TPSA) is 68.1 Å². The lowest BCUT2D eigenvalue weighted by atomic mass is 10.00. The van der Waals surface area contributed by atoms with Gasteiger partial charge in [-0.15, -0.1) is 0 Å². The molecule has 2 aromatic rings. The number of nitro benzene ring substituents is 1. The highest BCUT2D eigenvalue weighted by Gasteiger charge is 2.15. The second-order valence-electron chi connectivity index (χ2n) is 4.50. The fraction of sp³-hybridized carbons (Fsp3) is 0.357. The Hall–Kier alpha value is -2.01. The molecule has 0 aliphatic rings. The minimum Gasteiger partial charge on any atom is -0.317 e. The zero-order valence-electron chi connectivity index (χ0n) is 11.1. The lowest BCUT2D eigenvalue weighted by molar-refractivity contribution is -0.383. The van der Waals surface area contributed by atoms with Gasteiger partial charge in [0.15, 0.2) is 0 Å². The van der Waals surface area contributed by atoms with Gasteiger partial charge in [0, 0.05) is 23.7 Å². The highest BCUT2D eigenvalue weighted by Crippen LogP contribution is 2.26. The quantitative estimate of drug-likeness (QED) is 0.662. The molecule has 0 aliphatic heterocycles. The summed E-state index contributed by atoms with van der Waals surface area (Å²) >= 11 is 0. The third kappa shape index (κ3) is 2.71. The van der Waals surface area contributed by atoms with E-state index in [9.17, 15) is 10.1 Å². The van der Waals surface area contributed by atoms with Gasteiger partial charge < -0.3 is 5.32 Å². The number of fused-ring (bicyclic) bond motifs is 1. The summed E-state index contributed by atoms with van der Waals surface area (Å²) in [4.78, 5) is 14.8. The average Bonchev–Trinajstić information content (AvgIpc) is 2.44. The molecule has 100 valence electrons. The lowest BCUT2D eigenvalue weighted by Crippen LogP contribution is -2.26. The molecule has 2 rings (SSSR count). The van der Waals surface area contributed by atoms with E-state index in [1.165, 1.54) is 6.07 Å². The fourth-order valence-electron chi connectivity index (χ4n) is 2.26. The molecule has 1 unspecified atom stereocenters. The molecule has 1 N–H and O–H groups in total. The van der Waals surface area contributed by atoms with E-state index in [-0.39, 0.29) is 10.6 Å². The fourth-order valence-corrected chi connectivity index (χ4v) is 2.26. The Balaban J connectivity index is 2.51. The highest BCUT2D eigenvalue weighted by atomic mass is 16.6. The van der Waals surface area contributed by atoms with Crippen molar-refractivity contribution in [2.45, 2.75) is 25.8 Å². The summed E-state index contributed by atoms with van der Waals surface area (Å²) in [5, 5.41) is 15.1. The van der Waals surface area contributed by atoms with Crippen molar-refractivity contribution in [2.75, 3.05) is 7.05 Å². The molecule has 0 saturated carbocycles. The van der Waals surface area contributed by atoms with Crippen molar-refractivity contribution in [3.63, 3.8) is 0 Å². The van der Waals surface area contributed by atoms with Gasteiger partial charge in [-0.25, -0.2) is 4.98 Å². The molecule has 1 atom stereocenters. The van der Waals surface area contributed by atoms with Crippen molar-refractivity contribution < 1.29 is 4.92 Å². The number of nitrogens with zero attached hydrogens (tertiary/aromatic N) is 2. The maximum Gasteiger partial charge on any atom is 0.295 e. The van der Waals surface area contributed by atoms with Crippen LogP contribution in [0, 0.1) is 10.1 Å². The Kier molecular flexibility index (Phi) is 4.06. The third-order valence-electron chi connectivity index (χ3n) is 3.40. The van der Waals surface area contributed by atoms with Gasteiger partial charge in [0.25, 0.3) is 5.69 Å². The third-order valence-corrected chi connectivity index (χ3v) is 3.40. The molecule has 0 radical (unpaired) electrons. The minimum atomic E-state index is -0.380. The molecule has 5 nitrogen and oxygen atoms in total. The molecule has 1 aromatic carbocycles. The molecule has 19 heavy (non-hydrogen) atoms. The molecular formula is C14H17N3O2. The Morgan fingerprint density at radius 3 is 2.84 bits per heavy atom. The van der Waals surface area contributed by atoms with Crippen LogP contribution in [0.25, 0.3) is 10.9 Å². The van der Waals surface area contributed by atoms with E-state index in [2.05, 4.69) is 17.2 Å². The van der Waals surface area contributed by atoms with E-state index in [1.54, 1.807) is 12.3 Å². The summed E-state index contributed by atoms with van der Waals surface area (Å²) in [5.41, 5.74) is 1.63. The summed E-state index contributed by atoms with van der Waals surface area (Å²) in [6, 6.07) is 7.41. The van der Waals surface area contributed by atoms with Gasteiger partial charge in [-0.3, -0.25) is 10.1 Å². The molecule has 0 aliphatic carbocycles. The number of hydrogen-bond acceptors (Lipinski definition) is 4. The van der Waals surface area contributed by atoms with Crippen molar-refractivity contribution in [1.29, 1.82) is 0 Å². The van der Waals surface area contributed by atoms with E-state index < -0.39 is 0 Å². The smallest absolute Gasteiger partial charge is 0.295 e. The number of pyridine rings is 1. The Morgan fingerprint density at radius 2 is 2.21 bits per heavy atom. The van der Waals surface area contributed by atoms with Crippen LogP contribution in [0.1, 0.15) is 18.9 Å². The van der Waals surface area contributed by atoms with E-state index in [0.29, 0.717) is 11.6 Å². The first-order valence-electron chi connectivity index (χ1n) is 6.35. The summed E-state index contributed by atoms with van der Waals surface area (Å²) in [7, 11) is 1.93. The zero-order chi connectivity index (χ0) is 13.8. The Labute approximate surface area is 111 Å². The summed E-state index contributed by atoms with van der Waals surface area (Å²) in [6.45, 7) is 2.12. The van der Waals surface area contributed by atoms with E-state index in [1.807, 2.05) is 19.2 Å². The SMILES string of the molecule is CCC(Cc1ccnc2c([N+](=O)[O-])cccc12)NC. The van der Waals surface area contributed by atoms with Crippen molar-refractivity contribution in [3.05, 3.63) is 46.1 Å². The van der Waals surface area contributed by atoms with Crippen LogP contribution >= 0.6 is 0 Å². The largest absolute Gasteiger partial charge is 0.317 e. The molecule has 0 spiro atoms. The van der Waals surface area contributed by atoms with Crippen molar-refractivity contribution in [1.82, 2.24) is 10.3 Å². The van der Waals surface area contributed by atoms with Gasteiger partial charge in [0.1, 0.15) is 5.52 Å². The molecule has 1 heterocycles. The van der Waals surface area contributed by atoms with Crippen LogP contribution in [0.2, 0.25) is 0 Å². The molecule has 0 amide bonds. The van der Waals surface area contributed by atoms with E-state index >= 15 is 0 Å². The Morgan fingerprint density at radius 1 is 1.42 bits per heavy atom. The van der Waals surface area contributed by atoms with Crippen LogP contribution in [0.3, 0.4) is 0 Å². The van der Waals surface area contributed by atoms with Crippen molar-refractivity contribution in [3.8, 4) is 0 Å². The molecular weight excluding hydrogens is 242 g/mol. The van der Waals surface area contributed by atoms with Crippen LogP contribution in [-0.4, -0.2) is 23.0 Å². The number of non-ortho nitro benzene ring substituents is 1. The highest BCUT2D eigenvalue weighted by molar-refractivity contribution is 5.89. The predicted molar refractivity (Wildman–Crippen MR) is 75.2 cm³/mol. The number of likely N-dealkylation sites (N-methyl/N-ethyl adjacent to an activating group) is 1. The molecule has 0 saturated heterocycles. The van der Waals surface area contributed by atoms with Crippen LogP contribution < -0.4 is 5.32 Å². The first-order valence-corrected chi connectivity index (χ1v) is 6.35. The second kappa shape index (κ2) is 5.75. The van der Waals surface area contributed by atoms with Gasteiger partial charge in [-0.1, -0.05) is 19.1 Å². The van der Waals surface area contributed by atoms with Crippen LogP contribution in [0.4, 0.5) is 5.69 Å². The minimum absolute atomic E-state index is 0.0665. The maximum absolute atomic E-state index is 11.0. The van der Waals surface area contributed by atoms with Crippen LogP contribution in [0.15, 0.2) is 30.5 Å². The number of nitro groups is 1. The summed E-state index contributed by atoms with van der Waals surface area (Å²) < 4.78 is 0. The average molecular weight is 259 g/mol. The number of nitrogens with one attached hydrogen (secondary N) is 1. The Bertz CT molecular complexity index is 594. The molecule has 0 fully saturated rings. The van der Waals surface area contributed by atoms with Gasteiger partial charge in [-0.05, 0) is 31.5 Å². The zero-order valence-corrected chi connectivity index (χ0v) is 11.1. The van der Waals surface area contributed by atoms with E-state index in [4.69, 9.17) is 0 Å². The second-order valence-corrected chi connectivity index (χ2v) is 4.50. The summed E-state index contributed by atoms with van der Waals surface area (Å²) in [5.74, 6) is 0. The van der Waals surface area contributed by atoms with Crippen LogP contribution in [0.5, 0.6) is 0 Å². The van der Waals surface area contributed by atoms with Crippen molar-refractivity contribution in [2.24, 2.45) is 0 Å². The monoisotopic (exact) mass is 259 g/mol. The van der Waals surface area contributed by atoms with Crippen molar-refractivity contribution >= 4 is 16.6 Å².